The molecule has 13 aromatic rings. The molecule has 530 valence electrons. The summed E-state index contributed by atoms with van der Waals surface area (Å²) in [5.74, 6) is 4.30. The fourth-order valence-corrected chi connectivity index (χ4v) is 22.6. The van der Waals surface area contributed by atoms with Gasteiger partial charge in [0.1, 0.15) is 11.5 Å². The fraction of sp³-hybridized carbons (Fsp3) is 0.228. The number of rotatable bonds is 9. The second-order valence-electron chi connectivity index (χ2n) is 33.8. The van der Waals surface area contributed by atoms with E-state index in [0.717, 1.165) is 57.0 Å². The van der Waals surface area contributed by atoms with Gasteiger partial charge in [-0.2, -0.15) is 0 Å². The maximum Gasteiger partial charge on any atom is 0.252 e. The van der Waals surface area contributed by atoms with Gasteiger partial charge in [-0.1, -0.05) is 279 Å². The van der Waals surface area contributed by atoms with Crippen LogP contribution in [0.15, 0.2) is 297 Å². The highest BCUT2D eigenvalue weighted by molar-refractivity contribution is 7.01. The summed E-state index contributed by atoms with van der Waals surface area (Å²) in [4.78, 5) is 13.3. The first-order valence-electron chi connectivity index (χ1n) is 40.8. The average molecular weight is 1410 g/mol. The van der Waals surface area contributed by atoms with Crippen molar-refractivity contribution in [3.8, 4) is 22.6 Å². The SMILES string of the molecule is CC(C)(C)c1cc2c3c(c1)N(C1C(C4CCCCC4)CCCC1C1CCCCC1)c1cc4c(cc1B3c1ccccc1N2c1ccccc1)C1(c2cc3c(cc2O4)N(c2ccccc2)c2cc(N(c4ccccc4)c4ccccc4)cc4c2B3c2ccccc2N4c2ccccc2)c2ccccc2-c2ccccc21. The molecule has 3 saturated carbocycles. The van der Waals surface area contributed by atoms with Gasteiger partial charge in [0.2, 0.25) is 0 Å². The second kappa shape index (κ2) is 25.5. The normalized spacial score (nSPS) is 18.9. The highest BCUT2D eigenvalue weighted by atomic mass is 16.5. The maximum absolute atomic E-state index is 8.39. The Kier molecular flexibility index (Phi) is 15.2. The Morgan fingerprint density at radius 2 is 0.725 bits per heavy atom. The van der Waals surface area contributed by atoms with Crippen LogP contribution in [0.3, 0.4) is 0 Å². The molecule has 2 unspecified atom stereocenters. The molecule has 6 nitrogen and oxygen atoms in total. The molecule has 2 atom stereocenters. The Morgan fingerprint density at radius 1 is 0.330 bits per heavy atom. The monoisotopic (exact) mass is 1410 g/mol. The number of anilines is 14. The van der Waals surface area contributed by atoms with Crippen LogP contribution < -0.4 is 62.0 Å². The third kappa shape index (κ3) is 9.87. The van der Waals surface area contributed by atoms with Gasteiger partial charge in [-0.15, -0.1) is 0 Å². The van der Waals surface area contributed by atoms with Gasteiger partial charge in [-0.05, 0) is 200 Å². The fourth-order valence-electron chi connectivity index (χ4n) is 22.6. The topological polar surface area (TPSA) is 25.4 Å². The van der Waals surface area contributed by atoms with Gasteiger partial charge in [0, 0.05) is 103 Å². The van der Waals surface area contributed by atoms with Gasteiger partial charge in [0.05, 0.1) is 11.1 Å². The summed E-state index contributed by atoms with van der Waals surface area (Å²) in [7, 11) is 0. The molecular formula is C101H89B2N5O. The molecule has 22 rings (SSSR count). The Labute approximate surface area is 643 Å². The summed E-state index contributed by atoms with van der Waals surface area (Å²) in [6, 6.07) is 114. The molecule has 0 aromatic heterocycles. The Hall–Kier alpha value is -11.2. The quantitative estimate of drug-likeness (QED) is 0.134. The average Bonchev–Trinajstić information content (AvgIpc) is 1.04. The van der Waals surface area contributed by atoms with Crippen LogP contribution in [0.2, 0.25) is 0 Å². The molecular weight excluding hydrogens is 1320 g/mol. The van der Waals surface area contributed by atoms with Crippen LogP contribution in [0, 0.1) is 23.7 Å². The number of nitrogens with zero attached hydrogens (tertiary/aromatic N) is 5. The van der Waals surface area contributed by atoms with E-state index in [1.54, 1.807) is 0 Å². The van der Waals surface area contributed by atoms with Gasteiger partial charge in [-0.3, -0.25) is 0 Å². The molecule has 0 radical (unpaired) electrons. The lowest BCUT2D eigenvalue weighted by Gasteiger charge is -2.55. The number of hydrogen-bond donors (Lipinski definition) is 0. The van der Waals surface area contributed by atoms with Crippen LogP contribution in [0.25, 0.3) is 11.1 Å². The third-order valence-corrected chi connectivity index (χ3v) is 27.1. The minimum Gasteiger partial charge on any atom is -0.457 e. The van der Waals surface area contributed by atoms with E-state index in [1.807, 2.05) is 0 Å². The second-order valence-corrected chi connectivity index (χ2v) is 33.8. The molecule has 13 aromatic carbocycles. The van der Waals surface area contributed by atoms with Crippen molar-refractivity contribution < 1.29 is 4.74 Å². The Bertz CT molecular complexity index is 5620. The Morgan fingerprint density at radius 3 is 1.21 bits per heavy atom. The van der Waals surface area contributed by atoms with Gasteiger partial charge < -0.3 is 29.2 Å². The van der Waals surface area contributed by atoms with E-state index in [2.05, 4.69) is 343 Å². The molecule has 0 bridgehead atoms. The zero-order chi connectivity index (χ0) is 72.2. The summed E-state index contributed by atoms with van der Waals surface area (Å²) in [6.07, 6.45) is 17.2. The molecule has 0 N–H and O–H groups in total. The molecule has 109 heavy (non-hydrogen) atoms. The summed E-state index contributed by atoms with van der Waals surface area (Å²) in [5, 5.41) is 0. The van der Waals surface area contributed by atoms with E-state index in [9.17, 15) is 0 Å². The summed E-state index contributed by atoms with van der Waals surface area (Å²) < 4.78 is 8.39. The zero-order valence-electron chi connectivity index (χ0n) is 62.7. The van der Waals surface area contributed by atoms with Crippen molar-refractivity contribution in [2.75, 3.05) is 24.5 Å². The van der Waals surface area contributed by atoms with E-state index < -0.39 is 5.41 Å². The van der Waals surface area contributed by atoms with E-state index in [1.165, 1.54) is 189 Å². The first-order valence-corrected chi connectivity index (χ1v) is 40.8. The van der Waals surface area contributed by atoms with Crippen LogP contribution in [-0.4, -0.2) is 19.5 Å². The molecule has 0 saturated heterocycles. The molecule has 5 heterocycles. The van der Waals surface area contributed by atoms with Crippen molar-refractivity contribution in [1.82, 2.24) is 0 Å². The summed E-state index contributed by atoms with van der Waals surface area (Å²) in [5.41, 5.74) is 32.4. The number of para-hydroxylation sites is 7. The van der Waals surface area contributed by atoms with Crippen molar-refractivity contribution in [2.45, 2.75) is 121 Å². The molecule has 8 heteroatoms. The number of fused-ring (bicyclic) bond motifs is 17. The first kappa shape index (κ1) is 64.9. The first-order chi connectivity index (χ1) is 53.8. The number of ether oxygens (including phenoxy) is 1. The van der Waals surface area contributed by atoms with E-state index in [4.69, 9.17) is 4.74 Å². The summed E-state index contributed by atoms with van der Waals surface area (Å²) >= 11 is 0. The zero-order valence-corrected chi connectivity index (χ0v) is 62.7. The lowest BCUT2D eigenvalue weighted by atomic mass is 9.32. The van der Waals surface area contributed by atoms with E-state index >= 15 is 0 Å². The smallest absolute Gasteiger partial charge is 0.252 e. The van der Waals surface area contributed by atoms with Crippen LogP contribution in [0.1, 0.15) is 132 Å². The number of hydrogen-bond acceptors (Lipinski definition) is 6. The Balaban J connectivity index is 0.849. The van der Waals surface area contributed by atoms with Crippen molar-refractivity contribution >= 4 is 126 Å². The van der Waals surface area contributed by atoms with Crippen LogP contribution in [0.5, 0.6) is 11.5 Å². The van der Waals surface area contributed by atoms with Crippen molar-refractivity contribution in [3.63, 3.8) is 0 Å². The molecule has 9 aliphatic rings. The highest BCUT2D eigenvalue weighted by Crippen LogP contribution is 2.65. The molecule has 5 aliphatic heterocycles. The standard InChI is InChI=1S/C101H89B2N5O/c1-100(2,3)68-58-91-97-92(59-68)108(99-75(66-34-11-4-12-35-66)50-33-51-76(99)67-36-13-5-14-37-67)90-65-96-82(63-86(90)103(97)83-54-29-31-56-87(83)105(91)71-42-19-8-20-43-71)101(79-52-27-25-48-77(79)78-49-26-28-53-80(78)101)81-62-85-89(64-95(81)109-96)107(73-46-23-10-24-47-73)94-61-74(104(69-38-15-6-16-39-69)70-40-17-7-18-41-70)60-93-98(94)102(85)84-55-30-32-57-88(84)106(93)72-44-21-9-22-45-72/h6-10,15-32,38-49,52-67,75-76,99H,4-5,11-14,33-37,50-51H2,1-3H3. The molecule has 0 amide bonds. The third-order valence-electron chi connectivity index (χ3n) is 27.1. The van der Waals surface area contributed by atoms with Gasteiger partial charge in [0.15, 0.2) is 0 Å². The van der Waals surface area contributed by atoms with Crippen molar-refractivity contribution in [2.24, 2.45) is 23.7 Å². The molecule has 4 aliphatic carbocycles. The van der Waals surface area contributed by atoms with E-state index in [0.29, 0.717) is 29.7 Å². The van der Waals surface area contributed by atoms with Gasteiger partial charge >= 0.3 is 0 Å². The summed E-state index contributed by atoms with van der Waals surface area (Å²) in [6.45, 7) is 7.06. The molecule has 1 spiro atoms. The minimum absolute atomic E-state index is 0.0873. The van der Waals surface area contributed by atoms with Crippen LogP contribution in [-0.2, 0) is 10.8 Å². The molecule has 3 fully saturated rings. The van der Waals surface area contributed by atoms with Crippen molar-refractivity contribution in [3.05, 3.63) is 325 Å². The van der Waals surface area contributed by atoms with E-state index in [-0.39, 0.29) is 18.8 Å². The predicted molar refractivity (Wildman–Crippen MR) is 457 cm³/mol. The van der Waals surface area contributed by atoms with Crippen LogP contribution in [0.4, 0.5) is 79.6 Å². The minimum atomic E-state index is -0.824. The lowest BCUT2D eigenvalue weighted by molar-refractivity contribution is 0.0839. The van der Waals surface area contributed by atoms with Crippen molar-refractivity contribution in [1.29, 1.82) is 0 Å². The van der Waals surface area contributed by atoms with Gasteiger partial charge in [-0.25, -0.2) is 0 Å². The van der Waals surface area contributed by atoms with Crippen LogP contribution >= 0.6 is 0 Å². The predicted octanol–water partition coefficient (Wildman–Crippen LogP) is 22.7. The maximum atomic E-state index is 8.39. The largest absolute Gasteiger partial charge is 0.457 e. The lowest BCUT2D eigenvalue weighted by Crippen LogP contribution is -2.65. The van der Waals surface area contributed by atoms with Gasteiger partial charge in [0.25, 0.3) is 13.4 Å². The number of benzene rings is 13. The highest BCUT2D eigenvalue weighted by Gasteiger charge is 2.57.